The second-order valence-electron chi connectivity index (χ2n) is 4.72. The van der Waals surface area contributed by atoms with Crippen molar-refractivity contribution in [3.63, 3.8) is 0 Å². The van der Waals surface area contributed by atoms with E-state index >= 15 is 0 Å². The van der Waals surface area contributed by atoms with E-state index in [9.17, 15) is 9.59 Å². The smallest absolute Gasteiger partial charge is 0.262 e. The highest BCUT2D eigenvalue weighted by molar-refractivity contribution is 9.10. The van der Waals surface area contributed by atoms with Crippen molar-refractivity contribution in [3.8, 4) is 5.69 Å². The van der Waals surface area contributed by atoms with Crippen LogP contribution in [0.15, 0.2) is 52.8 Å². The first kappa shape index (κ1) is 16.3. The van der Waals surface area contributed by atoms with Crippen molar-refractivity contribution in [2.75, 3.05) is 11.9 Å². The fourth-order valence-corrected chi connectivity index (χ4v) is 3.41. The fraction of sp³-hybridized carbons (Fsp3) is 0.0667. The predicted octanol–water partition coefficient (Wildman–Crippen LogP) is 2.46. The van der Waals surface area contributed by atoms with Crippen LogP contribution in [0.25, 0.3) is 5.69 Å². The van der Waals surface area contributed by atoms with E-state index in [1.165, 1.54) is 17.7 Å². The van der Waals surface area contributed by atoms with Crippen molar-refractivity contribution in [3.05, 3.63) is 57.7 Å². The molecule has 0 bridgehead atoms. The average Bonchev–Trinajstić information content (AvgIpc) is 3.25. The summed E-state index contributed by atoms with van der Waals surface area (Å²) in [5.74, 6) is -0.585. The minimum atomic E-state index is -0.301. The lowest BCUT2D eigenvalue weighted by Crippen LogP contribution is -2.32. The normalized spacial score (nSPS) is 10.4. The van der Waals surface area contributed by atoms with Gasteiger partial charge in [0.15, 0.2) is 0 Å². The maximum atomic E-state index is 11.9. The molecule has 2 N–H and O–H groups in total. The summed E-state index contributed by atoms with van der Waals surface area (Å²) in [5, 5.41) is 11.1. The van der Waals surface area contributed by atoms with E-state index in [1.807, 2.05) is 12.1 Å². The van der Waals surface area contributed by atoms with Crippen molar-refractivity contribution in [2.45, 2.75) is 0 Å². The molecular weight excluding hydrogens is 394 g/mol. The molecule has 122 valence electrons. The first-order chi connectivity index (χ1) is 11.6. The minimum Gasteiger partial charge on any atom is -0.342 e. The molecular formula is C15H12BrN5O2S. The van der Waals surface area contributed by atoms with Gasteiger partial charge in [-0.25, -0.2) is 9.67 Å². The zero-order valence-electron chi connectivity index (χ0n) is 12.3. The number of thiophene rings is 1. The van der Waals surface area contributed by atoms with Crippen LogP contribution < -0.4 is 10.6 Å². The van der Waals surface area contributed by atoms with E-state index in [2.05, 4.69) is 36.6 Å². The first-order valence-electron chi connectivity index (χ1n) is 6.89. The number of carbonyl (C=O) groups is 2. The van der Waals surface area contributed by atoms with Crippen LogP contribution in [0.4, 0.5) is 5.69 Å². The zero-order chi connectivity index (χ0) is 16.9. The van der Waals surface area contributed by atoms with Crippen molar-refractivity contribution in [1.82, 2.24) is 20.1 Å². The summed E-state index contributed by atoms with van der Waals surface area (Å²) in [6, 6.07) is 8.92. The number of amides is 2. The third kappa shape index (κ3) is 3.87. The molecule has 0 atom stereocenters. The van der Waals surface area contributed by atoms with Gasteiger partial charge in [-0.3, -0.25) is 9.59 Å². The summed E-state index contributed by atoms with van der Waals surface area (Å²) in [5.41, 5.74) is 1.47. The SMILES string of the molecule is O=C(CNC(=O)c1sccc1Br)Nc1ccc(-n2cncn2)cc1. The summed E-state index contributed by atoms with van der Waals surface area (Å²) in [6.45, 7) is -0.103. The lowest BCUT2D eigenvalue weighted by Gasteiger charge is -2.07. The van der Waals surface area contributed by atoms with Gasteiger partial charge < -0.3 is 10.6 Å². The second-order valence-corrected chi connectivity index (χ2v) is 6.49. The lowest BCUT2D eigenvalue weighted by molar-refractivity contribution is -0.115. The Kier molecular flexibility index (Phi) is 5.02. The van der Waals surface area contributed by atoms with Crippen molar-refractivity contribution in [1.29, 1.82) is 0 Å². The summed E-state index contributed by atoms with van der Waals surface area (Å²) in [7, 11) is 0. The molecule has 0 aliphatic heterocycles. The van der Waals surface area contributed by atoms with Gasteiger partial charge in [-0.15, -0.1) is 11.3 Å². The Labute approximate surface area is 149 Å². The molecule has 1 aromatic carbocycles. The molecule has 0 aliphatic rings. The molecule has 0 saturated heterocycles. The van der Waals surface area contributed by atoms with Crippen LogP contribution in [-0.2, 0) is 4.79 Å². The molecule has 0 aliphatic carbocycles. The van der Waals surface area contributed by atoms with Crippen LogP contribution in [0.2, 0.25) is 0 Å². The van der Waals surface area contributed by atoms with E-state index in [0.717, 1.165) is 5.69 Å². The standard InChI is InChI=1S/C15H12BrN5O2S/c16-12-5-6-24-14(12)15(23)18-7-13(22)20-10-1-3-11(4-2-10)21-9-17-8-19-21/h1-6,8-9H,7H2,(H,18,23)(H,20,22). The van der Waals surface area contributed by atoms with Crippen LogP contribution in [0, 0.1) is 0 Å². The van der Waals surface area contributed by atoms with Gasteiger partial charge >= 0.3 is 0 Å². The molecule has 7 nitrogen and oxygen atoms in total. The number of hydrogen-bond donors (Lipinski definition) is 2. The molecule has 0 saturated carbocycles. The molecule has 2 heterocycles. The van der Waals surface area contributed by atoms with Crippen LogP contribution in [0.3, 0.4) is 0 Å². The van der Waals surface area contributed by atoms with Gasteiger partial charge in [0, 0.05) is 10.2 Å². The fourth-order valence-electron chi connectivity index (χ4n) is 1.94. The molecule has 0 unspecified atom stereocenters. The summed E-state index contributed by atoms with van der Waals surface area (Å²) in [6.07, 6.45) is 3.04. The van der Waals surface area contributed by atoms with Crippen molar-refractivity contribution in [2.24, 2.45) is 0 Å². The Balaban J connectivity index is 1.53. The Morgan fingerprint density at radius 3 is 2.62 bits per heavy atom. The van der Waals surface area contributed by atoms with Crippen LogP contribution in [0.1, 0.15) is 9.67 Å². The number of halogens is 1. The predicted molar refractivity (Wildman–Crippen MR) is 94.3 cm³/mol. The number of carbonyl (C=O) groups excluding carboxylic acids is 2. The average molecular weight is 406 g/mol. The van der Waals surface area contributed by atoms with Gasteiger partial charge in [0.1, 0.15) is 17.5 Å². The van der Waals surface area contributed by atoms with Crippen LogP contribution in [-0.4, -0.2) is 33.1 Å². The highest BCUT2D eigenvalue weighted by Crippen LogP contribution is 2.22. The van der Waals surface area contributed by atoms with Crippen LogP contribution in [0.5, 0.6) is 0 Å². The Morgan fingerprint density at radius 2 is 2.00 bits per heavy atom. The van der Waals surface area contributed by atoms with E-state index in [4.69, 9.17) is 0 Å². The summed E-state index contributed by atoms with van der Waals surface area (Å²) < 4.78 is 2.33. The van der Waals surface area contributed by atoms with E-state index in [0.29, 0.717) is 15.0 Å². The highest BCUT2D eigenvalue weighted by atomic mass is 79.9. The molecule has 2 aromatic heterocycles. The largest absolute Gasteiger partial charge is 0.342 e. The van der Waals surface area contributed by atoms with Gasteiger partial charge in [0.05, 0.1) is 12.2 Å². The third-order valence-electron chi connectivity index (χ3n) is 3.07. The number of nitrogens with zero attached hydrogens (tertiary/aromatic N) is 3. The van der Waals surface area contributed by atoms with E-state index in [-0.39, 0.29) is 18.4 Å². The molecule has 3 aromatic rings. The van der Waals surface area contributed by atoms with E-state index < -0.39 is 0 Å². The van der Waals surface area contributed by atoms with Gasteiger partial charge in [-0.1, -0.05) is 0 Å². The molecule has 9 heteroatoms. The van der Waals surface area contributed by atoms with Crippen LogP contribution >= 0.6 is 27.3 Å². The van der Waals surface area contributed by atoms with Crippen molar-refractivity contribution >= 4 is 44.8 Å². The van der Waals surface area contributed by atoms with Gasteiger partial charge in [0.2, 0.25) is 5.91 Å². The number of nitrogens with one attached hydrogen (secondary N) is 2. The summed E-state index contributed by atoms with van der Waals surface area (Å²) in [4.78, 5) is 28.3. The number of aromatic nitrogens is 3. The van der Waals surface area contributed by atoms with Gasteiger partial charge in [-0.2, -0.15) is 5.10 Å². The molecule has 2 amide bonds. The van der Waals surface area contributed by atoms with Gasteiger partial charge in [0.25, 0.3) is 5.91 Å². The number of rotatable bonds is 5. The first-order valence-corrected chi connectivity index (χ1v) is 8.57. The molecule has 0 spiro atoms. The Hall–Kier alpha value is -2.52. The second kappa shape index (κ2) is 7.37. The maximum absolute atomic E-state index is 11.9. The van der Waals surface area contributed by atoms with E-state index in [1.54, 1.807) is 34.6 Å². The molecule has 0 radical (unpaired) electrons. The number of benzene rings is 1. The topological polar surface area (TPSA) is 88.9 Å². The maximum Gasteiger partial charge on any atom is 0.262 e. The summed E-state index contributed by atoms with van der Waals surface area (Å²) >= 11 is 4.60. The number of anilines is 1. The number of hydrogen-bond acceptors (Lipinski definition) is 5. The molecule has 0 fully saturated rings. The van der Waals surface area contributed by atoms with Crippen molar-refractivity contribution < 1.29 is 9.59 Å². The Bertz CT molecular complexity index is 845. The minimum absolute atomic E-state index is 0.103. The quantitative estimate of drug-likeness (QED) is 0.682. The zero-order valence-corrected chi connectivity index (χ0v) is 14.7. The lowest BCUT2D eigenvalue weighted by atomic mass is 10.3. The monoisotopic (exact) mass is 405 g/mol. The van der Waals surface area contributed by atoms with Gasteiger partial charge in [-0.05, 0) is 51.6 Å². The molecule has 3 rings (SSSR count). The molecule has 24 heavy (non-hydrogen) atoms. The highest BCUT2D eigenvalue weighted by Gasteiger charge is 2.12. The third-order valence-corrected chi connectivity index (χ3v) is 4.90. The Morgan fingerprint density at radius 1 is 1.21 bits per heavy atom.